The summed E-state index contributed by atoms with van der Waals surface area (Å²) < 4.78 is 0. The van der Waals surface area contributed by atoms with Crippen LogP contribution >= 0.6 is 0 Å². The van der Waals surface area contributed by atoms with Gasteiger partial charge in [-0.15, -0.1) is 0 Å². The van der Waals surface area contributed by atoms with Crippen molar-refractivity contribution in [2.75, 3.05) is 25.5 Å². The third-order valence-corrected chi connectivity index (χ3v) is 3.37. The van der Waals surface area contributed by atoms with Crippen LogP contribution < -0.4 is 15.5 Å². The first-order valence-corrected chi connectivity index (χ1v) is 7.41. The number of aryl methyl sites for hydroxylation is 2. The smallest absolute Gasteiger partial charge is 0.279 e. The van der Waals surface area contributed by atoms with Crippen LogP contribution in [0.3, 0.4) is 0 Å². The molecule has 1 unspecified atom stereocenters. The number of likely N-dealkylation sites (N-methyl/N-ethyl adjacent to an activating group) is 1. The molecule has 0 radical (unpaired) electrons. The molecule has 0 bridgehead atoms. The molecule has 1 atom stereocenters. The Labute approximate surface area is 125 Å². The Hall–Kier alpha value is -1.88. The molecular weight excluding hydrogens is 266 g/mol. The molecular formula is C16H24N3O2+. The molecule has 2 rings (SSSR count). The Morgan fingerprint density at radius 3 is 2.24 bits per heavy atom. The second kappa shape index (κ2) is 6.72. The molecule has 0 spiro atoms. The molecule has 1 aromatic rings. The van der Waals surface area contributed by atoms with Gasteiger partial charge < -0.3 is 15.5 Å². The lowest BCUT2D eigenvalue weighted by Gasteiger charge is -2.14. The first-order valence-electron chi connectivity index (χ1n) is 7.41. The van der Waals surface area contributed by atoms with E-state index >= 15 is 0 Å². The Morgan fingerprint density at radius 1 is 1.10 bits per heavy atom. The van der Waals surface area contributed by atoms with Gasteiger partial charge in [-0.1, -0.05) is 6.07 Å². The van der Waals surface area contributed by atoms with Gasteiger partial charge in [0.2, 0.25) is 0 Å². The zero-order valence-electron chi connectivity index (χ0n) is 13.0. The van der Waals surface area contributed by atoms with E-state index in [0.717, 1.165) is 34.6 Å². The number of carbonyl (C=O) groups is 2. The zero-order valence-corrected chi connectivity index (χ0v) is 13.0. The maximum absolute atomic E-state index is 12.0. The number of carbonyl (C=O) groups excluding carboxylic acids is 2. The first kappa shape index (κ1) is 15.5. The molecule has 114 valence electrons. The van der Waals surface area contributed by atoms with E-state index in [0.29, 0.717) is 12.6 Å². The van der Waals surface area contributed by atoms with Gasteiger partial charge in [-0.25, -0.2) is 0 Å². The minimum Gasteiger partial charge on any atom is -0.348 e. The summed E-state index contributed by atoms with van der Waals surface area (Å²) in [6, 6.07) is 6.32. The van der Waals surface area contributed by atoms with Crippen LogP contribution in [0.5, 0.6) is 0 Å². The summed E-state index contributed by atoms with van der Waals surface area (Å²) in [5.74, 6) is -0.0501. The van der Waals surface area contributed by atoms with Crippen molar-refractivity contribution >= 4 is 17.5 Å². The summed E-state index contributed by atoms with van der Waals surface area (Å²) >= 11 is 0. The van der Waals surface area contributed by atoms with E-state index in [9.17, 15) is 9.59 Å². The number of anilines is 1. The fraction of sp³-hybridized carbons (Fsp3) is 0.500. The van der Waals surface area contributed by atoms with Crippen LogP contribution in [-0.4, -0.2) is 38.0 Å². The van der Waals surface area contributed by atoms with Crippen molar-refractivity contribution in [1.82, 2.24) is 5.32 Å². The number of quaternary nitrogens is 1. The van der Waals surface area contributed by atoms with Crippen LogP contribution in [0.1, 0.15) is 24.0 Å². The number of amides is 2. The second-order valence-corrected chi connectivity index (χ2v) is 6.08. The molecule has 2 amide bonds. The van der Waals surface area contributed by atoms with Crippen molar-refractivity contribution < 1.29 is 14.5 Å². The lowest BCUT2D eigenvalue weighted by atomic mass is 10.1. The highest BCUT2D eigenvalue weighted by atomic mass is 16.2. The maximum Gasteiger partial charge on any atom is 0.279 e. The summed E-state index contributed by atoms with van der Waals surface area (Å²) in [6.07, 6.45) is 2.16. The number of nitrogens with one attached hydrogen (secondary N) is 3. The highest BCUT2D eigenvalue weighted by molar-refractivity contribution is 5.91. The predicted molar refractivity (Wildman–Crippen MR) is 82.3 cm³/mol. The average Bonchev–Trinajstić information content (AvgIpc) is 3.09. The van der Waals surface area contributed by atoms with E-state index in [1.807, 2.05) is 33.0 Å². The molecule has 1 aliphatic carbocycles. The molecule has 5 heteroatoms. The van der Waals surface area contributed by atoms with Crippen LogP contribution in [0.25, 0.3) is 0 Å². The third kappa shape index (κ3) is 5.55. The molecule has 0 heterocycles. The molecule has 1 aromatic carbocycles. The van der Waals surface area contributed by atoms with Gasteiger partial charge in [-0.2, -0.15) is 0 Å². The van der Waals surface area contributed by atoms with Gasteiger partial charge in [0, 0.05) is 11.7 Å². The van der Waals surface area contributed by atoms with Crippen molar-refractivity contribution in [3.05, 3.63) is 29.3 Å². The van der Waals surface area contributed by atoms with Gasteiger partial charge in [0.25, 0.3) is 11.8 Å². The topological polar surface area (TPSA) is 62.6 Å². The fourth-order valence-electron chi connectivity index (χ4n) is 2.37. The third-order valence-electron chi connectivity index (χ3n) is 3.37. The zero-order chi connectivity index (χ0) is 15.4. The second-order valence-electron chi connectivity index (χ2n) is 6.08. The van der Waals surface area contributed by atoms with E-state index in [2.05, 4.69) is 16.7 Å². The lowest BCUT2D eigenvalue weighted by molar-refractivity contribution is -0.862. The summed E-state index contributed by atoms with van der Waals surface area (Å²) in [5, 5.41) is 5.82. The Morgan fingerprint density at radius 2 is 1.67 bits per heavy atom. The largest absolute Gasteiger partial charge is 0.348 e. The first-order chi connectivity index (χ1) is 9.92. The van der Waals surface area contributed by atoms with Gasteiger partial charge in [-0.05, 0) is 49.9 Å². The van der Waals surface area contributed by atoms with Gasteiger partial charge in [0.05, 0.1) is 7.05 Å². The van der Waals surface area contributed by atoms with Crippen molar-refractivity contribution in [1.29, 1.82) is 0 Å². The molecule has 1 saturated carbocycles. The van der Waals surface area contributed by atoms with Gasteiger partial charge in [0.15, 0.2) is 13.1 Å². The monoisotopic (exact) mass is 290 g/mol. The molecule has 5 nitrogen and oxygen atoms in total. The summed E-state index contributed by atoms with van der Waals surface area (Å²) in [6.45, 7) is 4.62. The minimum atomic E-state index is -0.0725. The fourth-order valence-corrected chi connectivity index (χ4v) is 2.37. The molecule has 0 aliphatic heterocycles. The SMILES string of the molecule is Cc1cc(C)cc(NC(=O)C[NH+](C)CC(=O)NC2CC2)c1. The molecule has 1 fully saturated rings. The van der Waals surface area contributed by atoms with E-state index in [4.69, 9.17) is 0 Å². The van der Waals surface area contributed by atoms with Gasteiger partial charge >= 0.3 is 0 Å². The Balaban J connectivity index is 1.78. The number of hydrogen-bond donors (Lipinski definition) is 3. The number of hydrogen-bond acceptors (Lipinski definition) is 2. The average molecular weight is 290 g/mol. The summed E-state index contributed by atoms with van der Waals surface area (Å²) in [7, 11) is 1.85. The number of benzene rings is 1. The van der Waals surface area contributed by atoms with Crippen LogP contribution in [0.2, 0.25) is 0 Å². The van der Waals surface area contributed by atoms with Gasteiger partial charge in [-0.3, -0.25) is 9.59 Å². The highest BCUT2D eigenvalue weighted by Crippen LogP contribution is 2.18. The summed E-state index contributed by atoms with van der Waals surface area (Å²) in [4.78, 5) is 24.6. The van der Waals surface area contributed by atoms with Crippen molar-refractivity contribution in [2.24, 2.45) is 0 Å². The van der Waals surface area contributed by atoms with E-state index < -0.39 is 0 Å². The highest BCUT2D eigenvalue weighted by Gasteiger charge is 2.24. The Bertz CT molecular complexity index is 518. The predicted octanol–water partition coefficient (Wildman–Crippen LogP) is 0.0352. The van der Waals surface area contributed by atoms with Crippen LogP contribution in [0.15, 0.2) is 18.2 Å². The molecule has 0 saturated heterocycles. The molecule has 0 aromatic heterocycles. The minimum absolute atomic E-state index is 0.0224. The van der Waals surface area contributed by atoms with Crippen molar-refractivity contribution in [3.63, 3.8) is 0 Å². The van der Waals surface area contributed by atoms with E-state index in [1.165, 1.54) is 0 Å². The van der Waals surface area contributed by atoms with Crippen LogP contribution in [0.4, 0.5) is 5.69 Å². The lowest BCUT2D eigenvalue weighted by Crippen LogP contribution is -3.11. The normalized spacial score (nSPS) is 15.4. The van der Waals surface area contributed by atoms with Crippen LogP contribution in [0, 0.1) is 13.8 Å². The maximum atomic E-state index is 12.0. The van der Waals surface area contributed by atoms with Gasteiger partial charge in [0.1, 0.15) is 0 Å². The standard InChI is InChI=1S/C16H23N3O2/c1-11-6-12(2)8-14(7-11)18-16(21)10-19(3)9-15(20)17-13-4-5-13/h6-8,13H,4-5,9-10H2,1-3H3,(H,17,20)(H,18,21)/p+1. The quantitative estimate of drug-likeness (QED) is 0.692. The Kier molecular flexibility index (Phi) is 4.96. The summed E-state index contributed by atoms with van der Waals surface area (Å²) in [5.41, 5.74) is 3.05. The van der Waals surface area contributed by atoms with E-state index in [1.54, 1.807) is 0 Å². The van der Waals surface area contributed by atoms with Crippen LogP contribution in [-0.2, 0) is 9.59 Å². The molecule has 1 aliphatic rings. The number of rotatable bonds is 6. The molecule has 21 heavy (non-hydrogen) atoms. The molecule has 3 N–H and O–H groups in total. The van der Waals surface area contributed by atoms with E-state index in [-0.39, 0.29) is 18.4 Å². The van der Waals surface area contributed by atoms with Crippen molar-refractivity contribution in [3.8, 4) is 0 Å². The van der Waals surface area contributed by atoms with Crippen molar-refractivity contribution in [2.45, 2.75) is 32.7 Å².